The number of aliphatic hydroxyl groups is 3. The molecule has 4 N–H and O–H groups in total. The molecule has 0 aromatic heterocycles. The van der Waals surface area contributed by atoms with Gasteiger partial charge in [-0.3, -0.25) is 4.79 Å². The molecule has 0 heterocycles. The first-order valence-electron chi connectivity index (χ1n) is 21.8. The van der Waals surface area contributed by atoms with Gasteiger partial charge in [0, 0.05) is 6.42 Å². The number of nitrogens with one attached hydrogen (secondary N) is 1. The van der Waals surface area contributed by atoms with E-state index in [-0.39, 0.29) is 12.5 Å². The van der Waals surface area contributed by atoms with Gasteiger partial charge in [-0.1, -0.05) is 226 Å². The summed E-state index contributed by atoms with van der Waals surface area (Å²) in [6.07, 6.45) is 43.6. The fourth-order valence-electron chi connectivity index (χ4n) is 7.05. The Bertz CT molecular complexity index is 630. The van der Waals surface area contributed by atoms with Gasteiger partial charge in [0.25, 0.3) is 0 Å². The summed E-state index contributed by atoms with van der Waals surface area (Å²) in [6, 6.07) is -0.801. The van der Waals surface area contributed by atoms with Crippen LogP contribution in [0.2, 0.25) is 0 Å². The van der Waals surface area contributed by atoms with Crippen LogP contribution in [0.5, 0.6) is 0 Å². The molecule has 0 aromatic rings. The highest BCUT2D eigenvalue weighted by Crippen LogP contribution is 2.17. The minimum atomic E-state index is -1.13. The van der Waals surface area contributed by atoms with Crippen molar-refractivity contribution in [2.24, 2.45) is 0 Å². The zero-order valence-corrected chi connectivity index (χ0v) is 32.6. The number of carbonyl (C=O) groups excluding carboxylic acids is 1. The van der Waals surface area contributed by atoms with Crippen LogP contribution in [0, 0.1) is 0 Å². The Kier molecular flexibility index (Phi) is 38.6. The smallest absolute Gasteiger partial charge is 0.220 e. The van der Waals surface area contributed by atoms with Crippen LogP contribution >= 0.6 is 0 Å². The fourth-order valence-corrected chi connectivity index (χ4v) is 7.05. The van der Waals surface area contributed by atoms with Gasteiger partial charge >= 0.3 is 0 Å². The summed E-state index contributed by atoms with van der Waals surface area (Å²) in [5, 5.41) is 33.5. The minimum absolute atomic E-state index is 0.143. The molecule has 48 heavy (non-hydrogen) atoms. The standard InChI is InChI=1S/C43H87NO4/c1-3-5-7-9-11-13-15-16-17-18-19-20-21-22-23-24-25-26-28-29-31-33-35-37-41(46)43(48)40(39-45)44-42(47)38-36-34-32-30-27-14-12-10-8-6-4-2/h40-41,43,45-46,48H,3-39H2,1-2H3,(H,44,47). The summed E-state index contributed by atoms with van der Waals surface area (Å²) >= 11 is 0. The van der Waals surface area contributed by atoms with Gasteiger partial charge in [-0.2, -0.15) is 0 Å². The molecule has 0 aromatic carbocycles. The zero-order chi connectivity index (χ0) is 35.2. The molecule has 0 saturated heterocycles. The predicted octanol–water partition coefficient (Wildman–Crippen LogP) is 12.3. The second-order valence-electron chi connectivity index (χ2n) is 15.3. The maximum absolute atomic E-state index is 12.4. The topological polar surface area (TPSA) is 89.8 Å². The van der Waals surface area contributed by atoms with E-state index in [1.165, 1.54) is 186 Å². The Morgan fingerprint density at radius 1 is 0.438 bits per heavy atom. The molecule has 0 radical (unpaired) electrons. The highest BCUT2D eigenvalue weighted by Gasteiger charge is 2.26. The van der Waals surface area contributed by atoms with E-state index in [0.29, 0.717) is 12.8 Å². The van der Waals surface area contributed by atoms with Gasteiger partial charge < -0.3 is 20.6 Å². The van der Waals surface area contributed by atoms with Gasteiger partial charge in [-0.15, -0.1) is 0 Å². The van der Waals surface area contributed by atoms with E-state index in [4.69, 9.17) is 0 Å². The largest absolute Gasteiger partial charge is 0.394 e. The quantitative estimate of drug-likeness (QED) is 0.0485. The third kappa shape index (κ3) is 33.8. The summed E-state index contributed by atoms with van der Waals surface area (Å²) < 4.78 is 0. The Hall–Kier alpha value is -0.650. The lowest BCUT2D eigenvalue weighted by atomic mass is 9.99. The molecule has 3 atom stereocenters. The van der Waals surface area contributed by atoms with E-state index >= 15 is 0 Å². The van der Waals surface area contributed by atoms with E-state index < -0.39 is 18.2 Å². The van der Waals surface area contributed by atoms with E-state index in [1.54, 1.807) is 0 Å². The normalized spacial score (nSPS) is 13.5. The Morgan fingerprint density at radius 3 is 1.00 bits per heavy atom. The first-order chi connectivity index (χ1) is 23.6. The molecule has 0 saturated carbocycles. The Labute approximate surface area is 300 Å². The number of carbonyl (C=O) groups is 1. The highest BCUT2D eigenvalue weighted by molar-refractivity contribution is 5.76. The van der Waals surface area contributed by atoms with Crippen molar-refractivity contribution >= 4 is 5.91 Å². The van der Waals surface area contributed by atoms with Gasteiger partial charge in [-0.05, 0) is 12.8 Å². The second kappa shape index (κ2) is 39.1. The number of hydrogen-bond donors (Lipinski definition) is 4. The SMILES string of the molecule is CCCCCCCCCCCCCCCCCCCCCCCCCC(O)C(O)C(CO)NC(=O)CCCCCCCCCCCCC. The Morgan fingerprint density at radius 2 is 0.708 bits per heavy atom. The lowest BCUT2D eigenvalue weighted by molar-refractivity contribution is -0.124. The van der Waals surface area contributed by atoms with Crippen LogP contribution in [-0.4, -0.2) is 46.1 Å². The molecular formula is C43H87NO4. The number of hydrogen-bond acceptors (Lipinski definition) is 4. The van der Waals surface area contributed by atoms with Crippen molar-refractivity contribution in [3.8, 4) is 0 Å². The van der Waals surface area contributed by atoms with Crippen LogP contribution in [0.1, 0.15) is 245 Å². The van der Waals surface area contributed by atoms with Crippen LogP contribution in [0.15, 0.2) is 0 Å². The van der Waals surface area contributed by atoms with E-state index in [9.17, 15) is 20.1 Å². The molecule has 3 unspecified atom stereocenters. The monoisotopic (exact) mass is 682 g/mol. The summed E-state index contributed by atoms with van der Waals surface area (Å²) in [5.74, 6) is -0.143. The molecule has 0 aliphatic carbocycles. The van der Waals surface area contributed by atoms with Crippen molar-refractivity contribution in [3.63, 3.8) is 0 Å². The van der Waals surface area contributed by atoms with Crippen molar-refractivity contribution in [1.29, 1.82) is 0 Å². The fraction of sp³-hybridized carbons (Fsp3) is 0.977. The first-order valence-corrected chi connectivity index (χ1v) is 21.8. The number of rotatable bonds is 40. The molecule has 0 rings (SSSR count). The van der Waals surface area contributed by atoms with Gasteiger partial charge in [0.2, 0.25) is 5.91 Å². The third-order valence-electron chi connectivity index (χ3n) is 10.5. The Balaban J connectivity index is 3.53. The van der Waals surface area contributed by atoms with Crippen LogP contribution < -0.4 is 5.32 Å². The van der Waals surface area contributed by atoms with E-state index in [2.05, 4.69) is 19.2 Å². The average molecular weight is 682 g/mol. The van der Waals surface area contributed by atoms with Crippen molar-refractivity contribution in [2.75, 3.05) is 6.61 Å². The van der Waals surface area contributed by atoms with Gasteiger partial charge in [0.05, 0.1) is 18.8 Å². The van der Waals surface area contributed by atoms with Gasteiger partial charge in [-0.25, -0.2) is 0 Å². The molecule has 0 fully saturated rings. The molecule has 1 amide bonds. The molecule has 0 spiro atoms. The number of unbranched alkanes of at least 4 members (excludes halogenated alkanes) is 32. The molecule has 0 aliphatic rings. The highest BCUT2D eigenvalue weighted by atomic mass is 16.3. The van der Waals surface area contributed by atoms with Gasteiger partial charge in [0.1, 0.15) is 6.10 Å². The van der Waals surface area contributed by atoms with Crippen LogP contribution in [-0.2, 0) is 4.79 Å². The zero-order valence-electron chi connectivity index (χ0n) is 32.6. The van der Waals surface area contributed by atoms with Crippen molar-refractivity contribution in [3.05, 3.63) is 0 Å². The molecular weight excluding hydrogens is 594 g/mol. The van der Waals surface area contributed by atoms with E-state index in [1.807, 2.05) is 0 Å². The summed E-state index contributed by atoms with van der Waals surface area (Å²) in [5.41, 5.74) is 0. The van der Waals surface area contributed by atoms with E-state index in [0.717, 1.165) is 32.1 Å². The lowest BCUT2D eigenvalue weighted by Crippen LogP contribution is -2.50. The first kappa shape index (κ1) is 47.4. The number of aliphatic hydroxyl groups excluding tert-OH is 3. The minimum Gasteiger partial charge on any atom is -0.394 e. The van der Waals surface area contributed by atoms with Crippen LogP contribution in [0.3, 0.4) is 0 Å². The molecule has 0 aliphatic heterocycles. The molecule has 0 bridgehead atoms. The maximum atomic E-state index is 12.4. The van der Waals surface area contributed by atoms with Crippen molar-refractivity contribution in [2.45, 2.75) is 263 Å². The summed E-state index contributed by atoms with van der Waals surface area (Å²) in [7, 11) is 0. The lowest BCUT2D eigenvalue weighted by Gasteiger charge is -2.26. The van der Waals surface area contributed by atoms with Crippen LogP contribution in [0.4, 0.5) is 0 Å². The van der Waals surface area contributed by atoms with Crippen LogP contribution in [0.25, 0.3) is 0 Å². The summed E-state index contributed by atoms with van der Waals surface area (Å²) in [4.78, 5) is 12.4. The average Bonchev–Trinajstić information content (AvgIpc) is 3.09. The summed E-state index contributed by atoms with van der Waals surface area (Å²) in [6.45, 7) is 4.18. The molecule has 5 heteroatoms. The number of amides is 1. The third-order valence-corrected chi connectivity index (χ3v) is 10.5. The molecule has 5 nitrogen and oxygen atoms in total. The predicted molar refractivity (Wildman–Crippen MR) is 209 cm³/mol. The second-order valence-corrected chi connectivity index (χ2v) is 15.3. The van der Waals surface area contributed by atoms with Gasteiger partial charge in [0.15, 0.2) is 0 Å². The maximum Gasteiger partial charge on any atom is 0.220 e. The molecule has 288 valence electrons. The van der Waals surface area contributed by atoms with Crippen molar-refractivity contribution < 1.29 is 20.1 Å². The van der Waals surface area contributed by atoms with Crippen molar-refractivity contribution in [1.82, 2.24) is 5.32 Å².